The lowest BCUT2D eigenvalue weighted by atomic mass is 10.1. The lowest BCUT2D eigenvalue weighted by Crippen LogP contribution is -2.28. The average molecular weight is 436 g/mol. The van der Waals surface area contributed by atoms with Crippen LogP contribution >= 0.6 is 0 Å². The van der Waals surface area contributed by atoms with Crippen molar-refractivity contribution in [2.45, 2.75) is 12.4 Å². The van der Waals surface area contributed by atoms with Crippen molar-refractivity contribution in [3.8, 4) is 11.5 Å². The zero-order valence-electron chi connectivity index (χ0n) is 15.5. The van der Waals surface area contributed by atoms with E-state index in [0.717, 1.165) is 10.9 Å². The van der Waals surface area contributed by atoms with Crippen LogP contribution < -0.4 is 4.18 Å². The van der Waals surface area contributed by atoms with Gasteiger partial charge in [0, 0.05) is 23.2 Å². The van der Waals surface area contributed by atoms with Gasteiger partial charge in [0.15, 0.2) is 5.75 Å². The Labute approximate surface area is 169 Å². The molecule has 4 rings (SSSR count). The number of aromatic hydroxyl groups is 1. The summed E-state index contributed by atoms with van der Waals surface area (Å²) >= 11 is 0. The topological polar surface area (TPSA) is 89.4 Å². The van der Waals surface area contributed by atoms with Crippen LogP contribution in [0.4, 0.5) is 13.2 Å². The molecular weight excluding hydrogens is 421 g/mol. The van der Waals surface area contributed by atoms with E-state index in [-0.39, 0.29) is 22.4 Å². The number of aryl methyl sites for hydroxylation is 1. The third-order valence-electron chi connectivity index (χ3n) is 4.03. The van der Waals surface area contributed by atoms with Gasteiger partial charge in [0.1, 0.15) is 5.75 Å². The molecule has 0 saturated carbocycles. The van der Waals surface area contributed by atoms with Crippen molar-refractivity contribution in [1.82, 2.24) is 9.97 Å². The van der Waals surface area contributed by atoms with E-state index in [1.807, 2.05) is 18.2 Å². The van der Waals surface area contributed by atoms with Crippen LogP contribution in [0.1, 0.15) is 5.56 Å². The quantitative estimate of drug-likeness (QED) is 0.362. The van der Waals surface area contributed by atoms with E-state index in [1.54, 1.807) is 24.4 Å². The van der Waals surface area contributed by atoms with Gasteiger partial charge in [-0.3, -0.25) is 9.97 Å². The molecule has 0 aliphatic heterocycles. The second-order valence-corrected chi connectivity index (χ2v) is 7.65. The molecule has 10 heteroatoms. The maximum absolute atomic E-state index is 12.3. The number of hydrogen-bond acceptors (Lipinski definition) is 6. The van der Waals surface area contributed by atoms with Gasteiger partial charge in [-0.2, -0.15) is 21.6 Å². The first kappa shape index (κ1) is 21.3. The van der Waals surface area contributed by atoms with E-state index in [1.165, 1.54) is 31.3 Å². The highest BCUT2D eigenvalue weighted by Gasteiger charge is 2.48. The highest BCUT2D eigenvalue weighted by Crippen LogP contribution is 2.33. The summed E-state index contributed by atoms with van der Waals surface area (Å²) in [5.41, 5.74) is -4.02. The molecule has 2 heterocycles. The molecule has 2 aromatic heterocycles. The van der Waals surface area contributed by atoms with Crippen molar-refractivity contribution in [3.05, 3.63) is 72.6 Å². The van der Waals surface area contributed by atoms with Crippen LogP contribution in [0.5, 0.6) is 11.5 Å². The van der Waals surface area contributed by atoms with E-state index in [2.05, 4.69) is 14.2 Å². The van der Waals surface area contributed by atoms with Crippen LogP contribution in [-0.4, -0.2) is 29.0 Å². The Kier molecular flexibility index (Phi) is 5.79. The molecule has 156 valence electrons. The minimum atomic E-state index is -5.69. The number of phenols is 1. The van der Waals surface area contributed by atoms with Gasteiger partial charge in [-0.15, -0.1) is 0 Å². The molecule has 0 saturated heterocycles. The summed E-state index contributed by atoms with van der Waals surface area (Å²) < 4.78 is 63.3. The standard InChI is InChI=1S/C11H8F3NO3S.C9H7NO/c1-7-4-5-9-8(3-2-6-15-9)10(7)18-19(16,17)11(12,13)14;11-9-5-1-4-8-7(9)3-2-6-10-8/h2-6H,1H3;1-6,11H. The van der Waals surface area contributed by atoms with E-state index in [0.29, 0.717) is 5.52 Å². The zero-order chi connectivity index (χ0) is 21.9. The van der Waals surface area contributed by atoms with Crippen molar-refractivity contribution in [3.63, 3.8) is 0 Å². The largest absolute Gasteiger partial charge is 0.534 e. The van der Waals surface area contributed by atoms with Crippen LogP contribution in [0.3, 0.4) is 0 Å². The van der Waals surface area contributed by atoms with Crippen LogP contribution in [0.2, 0.25) is 0 Å². The Hall–Kier alpha value is -3.40. The van der Waals surface area contributed by atoms with E-state index in [9.17, 15) is 26.7 Å². The minimum absolute atomic E-state index is 0.204. The molecule has 0 fully saturated rings. The van der Waals surface area contributed by atoms with Crippen LogP contribution in [0, 0.1) is 6.92 Å². The van der Waals surface area contributed by atoms with Crippen LogP contribution in [0.25, 0.3) is 21.8 Å². The predicted molar refractivity (Wildman–Crippen MR) is 105 cm³/mol. The number of benzene rings is 2. The fraction of sp³-hybridized carbons (Fsp3) is 0.100. The molecule has 0 spiro atoms. The minimum Gasteiger partial charge on any atom is -0.507 e. The molecule has 0 bridgehead atoms. The Morgan fingerprint density at radius 2 is 1.47 bits per heavy atom. The van der Waals surface area contributed by atoms with Crippen LogP contribution in [-0.2, 0) is 10.1 Å². The fourth-order valence-electron chi connectivity index (χ4n) is 2.59. The summed E-state index contributed by atoms with van der Waals surface area (Å²) in [6.45, 7) is 1.45. The number of alkyl halides is 3. The molecule has 1 N–H and O–H groups in total. The molecular formula is C20H15F3N2O4S. The number of nitrogens with zero attached hydrogens (tertiary/aromatic N) is 2. The highest BCUT2D eigenvalue weighted by atomic mass is 32.2. The zero-order valence-corrected chi connectivity index (χ0v) is 16.3. The van der Waals surface area contributed by atoms with E-state index >= 15 is 0 Å². The normalized spacial score (nSPS) is 11.7. The highest BCUT2D eigenvalue weighted by molar-refractivity contribution is 7.88. The van der Waals surface area contributed by atoms with Crippen molar-refractivity contribution in [2.24, 2.45) is 0 Å². The second kappa shape index (κ2) is 8.15. The number of aromatic nitrogens is 2. The molecule has 6 nitrogen and oxygen atoms in total. The number of hydrogen-bond donors (Lipinski definition) is 1. The summed E-state index contributed by atoms with van der Waals surface area (Å²) in [4.78, 5) is 8.00. The molecule has 4 aromatic rings. The maximum atomic E-state index is 12.3. The molecule has 2 aromatic carbocycles. The molecule has 0 amide bonds. The van der Waals surface area contributed by atoms with Gasteiger partial charge in [-0.05, 0) is 55.0 Å². The van der Waals surface area contributed by atoms with Crippen LogP contribution in [0.15, 0.2) is 67.0 Å². The number of rotatable bonds is 2. The van der Waals surface area contributed by atoms with Crippen molar-refractivity contribution < 1.29 is 30.9 Å². The molecule has 0 aliphatic carbocycles. The number of pyridine rings is 2. The first-order valence-corrected chi connectivity index (χ1v) is 9.89. The Bertz CT molecular complexity index is 1300. The smallest absolute Gasteiger partial charge is 0.507 e. The van der Waals surface area contributed by atoms with E-state index < -0.39 is 15.6 Å². The predicted octanol–water partition coefficient (Wildman–Crippen LogP) is 4.71. The summed E-state index contributed by atoms with van der Waals surface area (Å²) in [7, 11) is -5.69. The Morgan fingerprint density at radius 3 is 2.07 bits per heavy atom. The number of fused-ring (bicyclic) bond motifs is 2. The molecule has 0 aliphatic rings. The van der Waals surface area contributed by atoms with Gasteiger partial charge < -0.3 is 9.29 Å². The summed E-state index contributed by atoms with van der Waals surface area (Å²) in [6, 6.07) is 14.9. The Balaban J connectivity index is 0.000000196. The van der Waals surface area contributed by atoms with Crippen molar-refractivity contribution in [1.29, 1.82) is 0 Å². The van der Waals surface area contributed by atoms with Crippen molar-refractivity contribution in [2.75, 3.05) is 0 Å². The third kappa shape index (κ3) is 4.43. The van der Waals surface area contributed by atoms with Gasteiger partial charge in [0.05, 0.1) is 11.0 Å². The average Bonchev–Trinajstić information content (AvgIpc) is 2.70. The van der Waals surface area contributed by atoms with Crippen molar-refractivity contribution >= 4 is 31.9 Å². The van der Waals surface area contributed by atoms with Gasteiger partial charge in [-0.25, -0.2) is 0 Å². The fourth-order valence-corrected chi connectivity index (χ4v) is 3.12. The first-order chi connectivity index (χ1) is 14.1. The summed E-state index contributed by atoms with van der Waals surface area (Å²) in [5.74, 6) is -0.0708. The molecule has 0 radical (unpaired) electrons. The third-order valence-corrected chi connectivity index (χ3v) is 4.98. The number of phenolic OH excluding ortho intramolecular Hbond substituents is 1. The monoisotopic (exact) mass is 436 g/mol. The summed E-state index contributed by atoms with van der Waals surface area (Å²) in [6.07, 6.45) is 3.15. The van der Waals surface area contributed by atoms with Gasteiger partial charge in [0.25, 0.3) is 0 Å². The molecule has 0 unspecified atom stereocenters. The second-order valence-electron chi connectivity index (χ2n) is 6.11. The lowest BCUT2D eigenvalue weighted by Gasteiger charge is -2.13. The maximum Gasteiger partial charge on any atom is 0.534 e. The first-order valence-electron chi connectivity index (χ1n) is 8.48. The number of halogens is 3. The SMILES string of the molecule is Cc1ccc2ncccc2c1OS(=O)(=O)C(F)(F)F.Oc1cccc2ncccc12. The van der Waals surface area contributed by atoms with E-state index in [4.69, 9.17) is 0 Å². The van der Waals surface area contributed by atoms with Gasteiger partial charge in [0.2, 0.25) is 0 Å². The Morgan fingerprint density at radius 1 is 0.867 bits per heavy atom. The molecule has 0 atom stereocenters. The van der Waals surface area contributed by atoms with Gasteiger partial charge >= 0.3 is 15.6 Å². The van der Waals surface area contributed by atoms with Gasteiger partial charge in [-0.1, -0.05) is 12.1 Å². The molecule has 30 heavy (non-hydrogen) atoms. The lowest BCUT2D eigenvalue weighted by molar-refractivity contribution is -0.0499. The summed E-state index contributed by atoms with van der Waals surface area (Å²) in [5, 5.41) is 10.3.